The van der Waals surface area contributed by atoms with E-state index in [9.17, 15) is 9.90 Å². The molecule has 128 valence electrons. The van der Waals surface area contributed by atoms with Crippen molar-refractivity contribution in [3.05, 3.63) is 95.8 Å². The molecular formula is C21H22N2O2. The van der Waals surface area contributed by atoms with E-state index in [1.807, 2.05) is 90.6 Å². The number of amides is 1. The molecule has 0 aliphatic carbocycles. The Bertz CT molecular complexity index is 773. The largest absolute Gasteiger partial charge is 0.385 e. The predicted molar refractivity (Wildman–Crippen MR) is 98.1 cm³/mol. The number of nitrogens with one attached hydrogen (secondary N) is 1. The zero-order valence-corrected chi connectivity index (χ0v) is 14.2. The molecule has 0 saturated heterocycles. The quantitative estimate of drug-likeness (QED) is 0.728. The first-order valence-corrected chi connectivity index (χ1v) is 8.33. The van der Waals surface area contributed by atoms with Crippen molar-refractivity contribution < 1.29 is 9.90 Å². The van der Waals surface area contributed by atoms with Gasteiger partial charge in [0.25, 0.3) is 0 Å². The van der Waals surface area contributed by atoms with E-state index in [0.717, 1.165) is 16.8 Å². The van der Waals surface area contributed by atoms with Crippen LogP contribution in [0.3, 0.4) is 0 Å². The SMILES string of the molecule is Cn1cccc1C(O)CNC(=O)C(c1ccccc1)c1ccccc1. The van der Waals surface area contributed by atoms with Crippen molar-refractivity contribution in [1.29, 1.82) is 0 Å². The van der Waals surface area contributed by atoms with Crippen LogP contribution in [0.2, 0.25) is 0 Å². The topological polar surface area (TPSA) is 54.3 Å². The van der Waals surface area contributed by atoms with Gasteiger partial charge in [-0.25, -0.2) is 0 Å². The summed E-state index contributed by atoms with van der Waals surface area (Å²) < 4.78 is 1.85. The molecule has 1 unspecified atom stereocenters. The second-order valence-corrected chi connectivity index (χ2v) is 6.06. The Morgan fingerprint density at radius 3 is 2.00 bits per heavy atom. The molecule has 3 aromatic rings. The summed E-state index contributed by atoms with van der Waals surface area (Å²) >= 11 is 0. The summed E-state index contributed by atoms with van der Waals surface area (Å²) in [5.74, 6) is -0.520. The molecule has 1 atom stereocenters. The highest BCUT2D eigenvalue weighted by Gasteiger charge is 2.23. The fraction of sp³-hybridized carbons (Fsp3) is 0.190. The number of carbonyl (C=O) groups excluding carboxylic acids is 1. The number of aryl methyl sites for hydroxylation is 1. The lowest BCUT2D eigenvalue weighted by Gasteiger charge is -2.19. The number of rotatable bonds is 6. The lowest BCUT2D eigenvalue weighted by molar-refractivity contribution is -0.122. The molecule has 0 saturated carbocycles. The van der Waals surface area contributed by atoms with Crippen LogP contribution in [-0.4, -0.2) is 22.1 Å². The van der Waals surface area contributed by atoms with Crippen LogP contribution in [-0.2, 0) is 11.8 Å². The van der Waals surface area contributed by atoms with Gasteiger partial charge in [0.05, 0.1) is 5.92 Å². The third kappa shape index (κ3) is 3.98. The van der Waals surface area contributed by atoms with Crippen LogP contribution in [0.4, 0.5) is 0 Å². The second kappa shape index (κ2) is 7.81. The van der Waals surface area contributed by atoms with Gasteiger partial charge in [-0.1, -0.05) is 60.7 Å². The molecule has 0 aliphatic rings. The van der Waals surface area contributed by atoms with Crippen LogP contribution in [0.5, 0.6) is 0 Å². The molecule has 0 fully saturated rings. The highest BCUT2D eigenvalue weighted by molar-refractivity contribution is 5.87. The van der Waals surface area contributed by atoms with Gasteiger partial charge in [0.1, 0.15) is 6.10 Å². The molecule has 4 heteroatoms. The van der Waals surface area contributed by atoms with Gasteiger partial charge in [-0.15, -0.1) is 0 Å². The van der Waals surface area contributed by atoms with Crippen molar-refractivity contribution in [3.63, 3.8) is 0 Å². The summed E-state index contributed by atoms with van der Waals surface area (Å²) in [7, 11) is 1.87. The van der Waals surface area contributed by atoms with Crippen LogP contribution in [0.1, 0.15) is 28.8 Å². The number of aliphatic hydroxyl groups is 1. The van der Waals surface area contributed by atoms with E-state index in [4.69, 9.17) is 0 Å². The zero-order chi connectivity index (χ0) is 17.6. The number of benzene rings is 2. The fourth-order valence-electron chi connectivity index (χ4n) is 3.01. The van der Waals surface area contributed by atoms with Crippen LogP contribution < -0.4 is 5.32 Å². The first kappa shape index (κ1) is 17.0. The maximum absolute atomic E-state index is 12.9. The molecule has 4 nitrogen and oxygen atoms in total. The highest BCUT2D eigenvalue weighted by atomic mass is 16.3. The molecular weight excluding hydrogens is 312 g/mol. The smallest absolute Gasteiger partial charge is 0.232 e. The summed E-state index contributed by atoms with van der Waals surface area (Å²) in [5.41, 5.74) is 2.63. The molecule has 0 radical (unpaired) electrons. The third-order valence-corrected chi connectivity index (χ3v) is 4.32. The van der Waals surface area contributed by atoms with Gasteiger partial charge in [-0.2, -0.15) is 0 Å². The first-order chi connectivity index (χ1) is 12.2. The summed E-state index contributed by atoms with van der Waals surface area (Å²) in [6.07, 6.45) is 1.13. The minimum Gasteiger partial charge on any atom is -0.385 e. The Hall–Kier alpha value is -2.85. The minimum absolute atomic E-state index is 0.120. The summed E-state index contributed by atoms with van der Waals surface area (Å²) in [4.78, 5) is 12.9. The zero-order valence-electron chi connectivity index (χ0n) is 14.2. The number of nitrogens with zero attached hydrogens (tertiary/aromatic N) is 1. The Balaban J connectivity index is 1.77. The van der Waals surface area contributed by atoms with Gasteiger partial charge < -0.3 is 15.0 Å². The van der Waals surface area contributed by atoms with E-state index < -0.39 is 12.0 Å². The maximum atomic E-state index is 12.9. The van der Waals surface area contributed by atoms with E-state index in [1.54, 1.807) is 0 Å². The van der Waals surface area contributed by atoms with E-state index in [1.165, 1.54) is 0 Å². The van der Waals surface area contributed by atoms with E-state index in [0.29, 0.717) is 0 Å². The summed E-state index contributed by atoms with van der Waals surface area (Å²) in [5, 5.41) is 13.2. The minimum atomic E-state index is -0.740. The normalized spacial score (nSPS) is 12.1. The molecule has 3 rings (SSSR count). The third-order valence-electron chi connectivity index (χ3n) is 4.32. The van der Waals surface area contributed by atoms with Gasteiger partial charge >= 0.3 is 0 Å². The van der Waals surface area contributed by atoms with Gasteiger partial charge in [0.15, 0.2) is 0 Å². The van der Waals surface area contributed by atoms with Gasteiger partial charge in [-0.05, 0) is 23.3 Å². The summed E-state index contributed by atoms with van der Waals surface area (Å²) in [6.45, 7) is 0.173. The van der Waals surface area contributed by atoms with Crippen molar-refractivity contribution in [1.82, 2.24) is 9.88 Å². The first-order valence-electron chi connectivity index (χ1n) is 8.33. The van der Waals surface area contributed by atoms with Crippen molar-refractivity contribution in [2.45, 2.75) is 12.0 Å². The molecule has 2 N–H and O–H groups in total. The van der Waals surface area contributed by atoms with Gasteiger partial charge in [-0.3, -0.25) is 4.79 Å². The molecule has 1 amide bonds. The van der Waals surface area contributed by atoms with Gasteiger partial charge in [0.2, 0.25) is 5.91 Å². The van der Waals surface area contributed by atoms with E-state index in [-0.39, 0.29) is 12.5 Å². The van der Waals surface area contributed by atoms with Crippen LogP contribution in [0.25, 0.3) is 0 Å². The number of hydrogen-bond donors (Lipinski definition) is 2. The molecule has 1 heterocycles. The van der Waals surface area contributed by atoms with Crippen molar-refractivity contribution >= 4 is 5.91 Å². The van der Waals surface area contributed by atoms with Crippen molar-refractivity contribution in [2.24, 2.45) is 7.05 Å². The molecule has 0 spiro atoms. The molecule has 2 aromatic carbocycles. The maximum Gasteiger partial charge on any atom is 0.232 e. The monoisotopic (exact) mass is 334 g/mol. The molecule has 0 bridgehead atoms. The van der Waals surface area contributed by atoms with Crippen LogP contribution in [0.15, 0.2) is 79.0 Å². The Kier molecular flexibility index (Phi) is 5.31. The predicted octanol–water partition coefficient (Wildman–Crippen LogP) is 3.01. The average Bonchev–Trinajstić information content (AvgIpc) is 3.08. The highest BCUT2D eigenvalue weighted by Crippen LogP contribution is 2.25. The lowest BCUT2D eigenvalue weighted by atomic mass is 9.90. The molecule has 25 heavy (non-hydrogen) atoms. The Morgan fingerprint density at radius 2 is 1.52 bits per heavy atom. The van der Waals surface area contributed by atoms with Crippen LogP contribution in [0, 0.1) is 0 Å². The molecule has 0 aliphatic heterocycles. The number of aliphatic hydroxyl groups excluding tert-OH is 1. The number of hydrogen-bond acceptors (Lipinski definition) is 2. The van der Waals surface area contributed by atoms with Gasteiger partial charge in [0, 0.05) is 25.5 Å². The number of aromatic nitrogens is 1. The van der Waals surface area contributed by atoms with Crippen molar-refractivity contribution in [3.8, 4) is 0 Å². The van der Waals surface area contributed by atoms with E-state index in [2.05, 4.69) is 5.32 Å². The van der Waals surface area contributed by atoms with Crippen LogP contribution >= 0.6 is 0 Å². The van der Waals surface area contributed by atoms with Crippen molar-refractivity contribution in [2.75, 3.05) is 6.54 Å². The Labute approximate surface area is 147 Å². The molecule has 1 aromatic heterocycles. The Morgan fingerprint density at radius 1 is 0.960 bits per heavy atom. The lowest BCUT2D eigenvalue weighted by Crippen LogP contribution is -2.33. The van der Waals surface area contributed by atoms with E-state index >= 15 is 0 Å². The number of carbonyl (C=O) groups is 1. The fourth-order valence-corrected chi connectivity index (χ4v) is 3.01. The average molecular weight is 334 g/mol. The summed E-state index contributed by atoms with van der Waals surface area (Å²) in [6, 6.07) is 23.1. The standard InChI is InChI=1S/C21H22N2O2/c1-23-14-8-13-18(23)19(24)15-22-21(25)20(16-9-4-2-5-10-16)17-11-6-3-7-12-17/h2-14,19-20,24H,15H2,1H3,(H,22,25). The second-order valence-electron chi connectivity index (χ2n) is 6.06.